The minimum absolute atomic E-state index is 0.174. The van der Waals surface area contributed by atoms with Gasteiger partial charge in [0.2, 0.25) is 5.89 Å². The first-order valence-electron chi connectivity index (χ1n) is 8.82. The molecule has 4 rings (SSSR count). The monoisotopic (exact) mass is 382 g/mol. The summed E-state index contributed by atoms with van der Waals surface area (Å²) in [7, 11) is 3.48. The quantitative estimate of drug-likeness (QED) is 0.519. The van der Waals surface area contributed by atoms with Crippen LogP contribution in [0.5, 0.6) is 0 Å². The van der Waals surface area contributed by atoms with E-state index in [-0.39, 0.29) is 11.7 Å². The zero-order valence-corrected chi connectivity index (χ0v) is 15.5. The summed E-state index contributed by atoms with van der Waals surface area (Å²) in [6.45, 7) is 0.898. The molecule has 1 N–H and O–H groups in total. The van der Waals surface area contributed by atoms with Crippen LogP contribution < -0.4 is 5.32 Å². The average molecular weight is 382 g/mol. The normalized spacial score (nSPS) is 11.4. The molecule has 0 aliphatic carbocycles. The number of aryl methyl sites for hydroxylation is 1. The van der Waals surface area contributed by atoms with Crippen LogP contribution in [0.4, 0.5) is 4.39 Å². The third kappa shape index (κ3) is 3.46. The first-order valence-corrected chi connectivity index (χ1v) is 8.82. The van der Waals surface area contributed by atoms with E-state index in [0.29, 0.717) is 47.6 Å². The average Bonchev–Trinajstić information content (AvgIpc) is 3.21. The van der Waals surface area contributed by atoms with E-state index >= 15 is 0 Å². The van der Waals surface area contributed by atoms with Gasteiger partial charge in [0.05, 0.1) is 24.1 Å². The molecule has 0 unspecified atom stereocenters. The molecule has 8 heteroatoms. The summed E-state index contributed by atoms with van der Waals surface area (Å²) in [4.78, 5) is 21.2. The van der Waals surface area contributed by atoms with Crippen LogP contribution in [0.1, 0.15) is 22.1 Å². The number of halogens is 1. The first kappa shape index (κ1) is 18.1. The van der Waals surface area contributed by atoms with Gasteiger partial charge in [0.1, 0.15) is 17.2 Å². The summed E-state index contributed by atoms with van der Waals surface area (Å²) >= 11 is 0. The fourth-order valence-electron chi connectivity index (χ4n) is 3.08. The van der Waals surface area contributed by atoms with Gasteiger partial charge < -0.3 is 19.0 Å². The Balaban J connectivity index is 1.60. The molecule has 2 heterocycles. The smallest absolute Gasteiger partial charge is 0.251 e. The second-order valence-corrected chi connectivity index (χ2v) is 6.44. The number of carbonyl (C=O) groups excluding carboxylic acids is 1. The Morgan fingerprint density at radius 3 is 2.89 bits per heavy atom. The lowest BCUT2D eigenvalue weighted by atomic mass is 10.2. The van der Waals surface area contributed by atoms with Crippen LogP contribution in [-0.4, -0.2) is 40.7 Å². The molecule has 0 bridgehead atoms. The number of amides is 1. The molecular weight excluding hydrogens is 363 g/mol. The Labute approximate surface area is 160 Å². The molecule has 0 saturated heterocycles. The Bertz CT molecular complexity index is 1170. The molecule has 4 aromatic rings. The third-order valence-electron chi connectivity index (χ3n) is 4.53. The van der Waals surface area contributed by atoms with Crippen LogP contribution >= 0.6 is 0 Å². The number of rotatable bonds is 6. The topological polar surface area (TPSA) is 82.2 Å². The highest BCUT2D eigenvalue weighted by Gasteiger charge is 2.15. The van der Waals surface area contributed by atoms with Gasteiger partial charge in [-0.05, 0) is 30.3 Å². The van der Waals surface area contributed by atoms with E-state index in [1.165, 1.54) is 12.1 Å². The van der Waals surface area contributed by atoms with E-state index in [2.05, 4.69) is 15.3 Å². The number of imidazole rings is 1. The number of hydrogen-bond acceptors (Lipinski definition) is 5. The minimum Gasteiger partial charge on any atom is -0.440 e. The molecule has 0 aliphatic heterocycles. The van der Waals surface area contributed by atoms with Crippen LogP contribution in [0, 0.1) is 5.82 Å². The highest BCUT2D eigenvalue weighted by molar-refractivity contribution is 5.97. The van der Waals surface area contributed by atoms with Crippen molar-refractivity contribution in [1.82, 2.24) is 19.9 Å². The van der Waals surface area contributed by atoms with Crippen molar-refractivity contribution < 1.29 is 18.3 Å². The van der Waals surface area contributed by atoms with Gasteiger partial charge >= 0.3 is 0 Å². The Hall–Kier alpha value is -3.26. The van der Waals surface area contributed by atoms with Gasteiger partial charge in [0.25, 0.3) is 5.91 Å². The Kier molecular flexibility index (Phi) is 4.79. The minimum atomic E-state index is -0.355. The van der Waals surface area contributed by atoms with E-state index < -0.39 is 0 Å². The second-order valence-electron chi connectivity index (χ2n) is 6.44. The SMILES string of the molecule is COCCNC(=O)c1ccc2c(c1)nc(Cc1nc3cc(F)ccc3o1)n2C. The predicted molar refractivity (Wildman–Crippen MR) is 102 cm³/mol. The predicted octanol–water partition coefficient (Wildman–Crippen LogP) is 2.82. The number of hydrogen-bond donors (Lipinski definition) is 1. The van der Waals surface area contributed by atoms with E-state index in [0.717, 1.165) is 11.3 Å². The molecule has 1 amide bonds. The lowest BCUT2D eigenvalue weighted by Gasteiger charge is -2.04. The number of nitrogens with zero attached hydrogens (tertiary/aromatic N) is 3. The van der Waals surface area contributed by atoms with Crippen molar-refractivity contribution in [3.8, 4) is 0 Å². The number of fused-ring (bicyclic) bond motifs is 2. The largest absolute Gasteiger partial charge is 0.440 e. The van der Waals surface area contributed by atoms with Gasteiger partial charge in [-0.15, -0.1) is 0 Å². The Morgan fingerprint density at radius 1 is 1.21 bits per heavy atom. The molecule has 0 fully saturated rings. The lowest BCUT2D eigenvalue weighted by molar-refractivity contribution is 0.0937. The van der Waals surface area contributed by atoms with Crippen molar-refractivity contribution in [2.75, 3.05) is 20.3 Å². The summed E-state index contributed by atoms with van der Waals surface area (Å²) in [5.41, 5.74) is 3.14. The van der Waals surface area contributed by atoms with Crippen molar-refractivity contribution in [3.63, 3.8) is 0 Å². The van der Waals surface area contributed by atoms with Crippen LogP contribution in [-0.2, 0) is 18.2 Å². The molecule has 2 aromatic heterocycles. The fourth-order valence-corrected chi connectivity index (χ4v) is 3.08. The number of carbonyl (C=O) groups is 1. The number of nitrogens with one attached hydrogen (secondary N) is 1. The van der Waals surface area contributed by atoms with E-state index in [4.69, 9.17) is 9.15 Å². The van der Waals surface area contributed by atoms with E-state index in [1.807, 2.05) is 17.7 Å². The zero-order valence-electron chi connectivity index (χ0n) is 15.5. The van der Waals surface area contributed by atoms with Crippen molar-refractivity contribution in [3.05, 3.63) is 59.5 Å². The highest BCUT2D eigenvalue weighted by atomic mass is 19.1. The Morgan fingerprint density at radius 2 is 2.07 bits per heavy atom. The molecule has 0 saturated carbocycles. The van der Waals surface area contributed by atoms with Crippen LogP contribution in [0.3, 0.4) is 0 Å². The van der Waals surface area contributed by atoms with Gasteiger partial charge in [0.15, 0.2) is 5.58 Å². The number of methoxy groups -OCH3 is 1. The molecule has 0 spiro atoms. The van der Waals surface area contributed by atoms with Crippen molar-refractivity contribution >= 4 is 28.0 Å². The van der Waals surface area contributed by atoms with Crippen molar-refractivity contribution in [2.24, 2.45) is 7.05 Å². The first-order chi connectivity index (χ1) is 13.5. The van der Waals surface area contributed by atoms with Gasteiger partial charge in [0, 0.05) is 32.3 Å². The summed E-state index contributed by atoms with van der Waals surface area (Å²) in [6, 6.07) is 9.61. The maximum atomic E-state index is 13.3. The van der Waals surface area contributed by atoms with Gasteiger partial charge in [-0.25, -0.2) is 14.4 Å². The molecule has 2 aromatic carbocycles. The third-order valence-corrected chi connectivity index (χ3v) is 4.53. The summed E-state index contributed by atoms with van der Waals surface area (Å²) in [5, 5.41) is 2.79. The fraction of sp³-hybridized carbons (Fsp3) is 0.250. The maximum absolute atomic E-state index is 13.3. The molecule has 7 nitrogen and oxygen atoms in total. The van der Waals surface area contributed by atoms with Crippen LogP contribution in [0.2, 0.25) is 0 Å². The van der Waals surface area contributed by atoms with Gasteiger partial charge in [-0.3, -0.25) is 4.79 Å². The summed E-state index contributed by atoms with van der Waals surface area (Å²) in [5.74, 6) is 0.661. The molecule has 28 heavy (non-hydrogen) atoms. The van der Waals surface area contributed by atoms with E-state index in [9.17, 15) is 9.18 Å². The highest BCUT2D eigenvalue weighted by Crippen LogP contribution is 2.21. The van der Waals surface area contributed by atoms with Crippen molar-refractivity contribution in [2.45, 2.75) is 6.42 Å². The second kappa shape index (κ2) is 7.40. The molecule has 0 radical (unpaired) electrons. The molecule has 0 aliphatic rings. The standard InChI is InChI=1S/C20H19FN4O3/c1-25-16-5-3-12(20(26)22-7-8-27-2)9-14(16)23-18(25)11-19-24-15-10-13(21)4-6-17(15)28-19/h3-6,9-10H,7-8,11H2,1-2H3,(H,22,26). The molecular formula is C20H19FN4O3. The molecule has 144 valence electrons. The maximum Gasteiger partial charge on any atom is 0.251 e. The van der Waals surface area contributed by atoms with Crippen molar-refractivity contribution in [1.29, 1.82) is 0 Å². The van der Waals surface area contributed by atoms with Gasteiger partial charge in [-0.1, -0.05) is 0 Å². The molecule has 0 atom stereocenters. The number of oxazole rings is 1. The van der Waals surface area contributed by atoms with Gasteiger partial charge in [-0.2, -0.15) is 0 Å². The number of aromatic nitrogens is 3. The zero-order chi connectivity index (χ0) is 19.7. The van der Waals surface area contributed by atoms with Crippen LogP contribution in [0.15, 0.2) is 40.8 Å². The number of benzene rings is 2. The lowest BCUT2D eigenvalue weighted by Crippen LogP contribution is -2.26. The summed E-state index contributed by atoms with van der Waals surface area (Å²) in [6.07, 6.45) is 0.358. The number of ether oxygens (including phenoxy) is 1. The van der Waals surface area contributed by atoms with E-state index in [1.54, 1.807) is 25.3 Å². The summed E-state index contributed by atoms with van der Waals surface area (Å²) < 4.78 is 25.9. The van der Waals surface area contributed by atoms with Crippen LogP contribution in [0.25, 0.3) is 22.1 Å².